The second-order valence-corrected chi connectivity index (χ2v) is 7.77. The first-order chi connectivity index (χ1) is 11.7. The highest BCUT2D eigenvalue weighted by Gasteiger charge is 2.27. The summed E-state index contributed by atoms with van der Waals surface area (Å²) in [5.41, 5.74) is 5.02. The molecule has 1 N–H and O–H groups in total. The van der Waals surface area contributed by atoms with Gasteiger partial charge in [-0.05, 0) is 76.1 Å². The molecule has 1 aliphatic carbocycles. The zero-order valence-electron chi connectivity index (χ0n) is 14.9. The minimum atomic E-state index is 0.714. The lowest BCUT2D eigenvalue weighted by molar-refractivity contribution is 0.165. The number of hydrogen-bond donors (Lipinski definition) is 1. The molecule has 4 heteroatoms. The van der Waals surface area contributed by atoms with Crippen LogP contribution in [0.3, 0.4) is 0 Å². The van der Waals surface area contributed by atoms with Gasteiger partial charge >= 0.3 is 0 Å². The van der Waals surface area contributed by atoms with Gasteiger partial charge < -0.3 is 4.98 Å². The Morgan fingerprint density at radius 1 is 1.17 bits per heavy atom. The summed E-state index contributed by atoms with van der Waals surface area (Å²) in [4.78, 5) is 15.2. The van der Waals surface area contributed by atoms with Crippen molar-refractivity contribution in [2.45, 2.75) is 58.4 Å². The summed E-state index contributed by atoms with van der Waals surface area (Å²) in [5, 5.41) is 0. The molecule has 0 amide bonds. The van der Waals surface area contributed by atoms with E-state index in [4.69, 9.17) is 0 Å². The lowest BCUT2D eigenvalue weighted by atomic mass is 9.91. The molecule has 2 fully saturated rings. The number of aromatic amines is 1. The molecule has 24 heavy (non-hydrogen) atoms. The molecule has 0 bridgehead atoms. The van der Waals surface area contributed by atoms with Crippen LogP contribution in [0.5, 0.6) is 0 Å². The lowest BCUT2D eigenvalue weighted by Gasteiger charge is -2.32. The number of nitrogens with zero attached hydrogens (tertiary/aromatic N) is 3. The molecular formula is C20H28N4. The van der Waals surface area contributed by atoms with Gasteiger partial charge in [0.2, 0.25) is 0 Å². The van der Waals surface area contributed by atoms with Crippen molar-refractivity contribution in [2.24, 2.45) is 5.92 Å². The number of imidazole rings is 1. The summed E-state index contributed by atoms with van der Waals surface area (Å²) in [6, 6.07) is 4.51. The Labute approximate surface area is 144 Å². The number of piperidine rings is 1. The molecule has 0 spiro atoms. The second-order valence-electron chi connectivity index (χ2n) is 7.77. The third-order valence-corrected chi connectivity index (χ3v) is 5.27. The van der Waals surface area contributed by atoms with Crippen molar-refractivity contribution in [1.82, 2.24) is 19.9 Å². The molecule has 2 aromatic heterocycles. The minimum absolute atomic E-state index is 0.714. The average Bonchev–Trinajstić information content (AvgIpc) is 3.27. The second kappa shape index (κ2) is 6.67. The summed E-state index contributed by atoms with van der Waals surface area (Å²) in [5.74, 6) is 2.68. The molecule has 3 heterocycles. The van der Waals surface area contributed by atoms with E-state index in [9.17, 15) is 0 Å². The van der Waals surface area contributed by atoms with Gasteiger partial charge in [0, 0.05) is 42.3 Å². The van der Waals surface area contributed by atoms with Crippen LogP contribution in [0.15, 0.2) is 18.3 Å². The SMILES string of the molecule is Cc1cc(C[C@H]2CCCN(Cc3cnc(C4CC4)[nH]3)C2)cc(C)n1. The van der Waals surface area contributed by atoms with E-state index in [1.54, 1.807) is 0 Å². The van der Waals surface area contributed by atoms with Crippen LogP contribution in [0.4, 0.5) is 0 Å². The number of hydrogen-bond acceptors (Lipinski definition) is 3. The maximum atomic E-state index is 4.56. The molecule has 1 saturated carbocycles. The molecule has 1 aliphatic heterocycles. The number of aromatic nitrogens is 3. The first kappa shape index (κ1) is 15.8. The van der Waals surface area contributed by atoms with Crippen LogP contribution in [0.1, 0.15) is 60.1 Å². The van der Waals surface area contributed by atoms with Crippen molar-refractivity contribution in [2.75, 3.05) is 13.1 Å². The standard InChI is InChI=1S/C20H28N4/c1-14-8-17(9-15(2)22-14)10-16-4-3-7-24(12-16)13-19-11-21-20(23-19)18-5-6-18/h8-9,11,16,18H,3-7,10,12-13H2,1-2H3,(H,21,23)/t16-/m1/s1. The number of nitrogens with one attached hydrogen (secondary N) is 1. The molecule has 128 valence electrons. The predicted octanol–water partition coefficient (Wildman–Crippen LogP) is 3.75. The van der Waals surface area contributed by atoms with Crippen LogP contribution < -0.4 is 0 Å². The normalized spacial score (nSPS) is 22.0. The van der Waals surface area contributed by atoms with Gasteiger partial charge in [-0.25, -0.2) is 4.98 Å². The van der Waals surface area contributed by atoms with E-state index < -0.39 is 0 Å². The lowest BCUT2D eigenvalue weighted by Crippen LogP contribution is -2.35. The molecule has 0 unspecified atom stereocenters. The van der Waals surface area contributed by atoms with Gasteiger partial charge in [0.1, 0.15) is 5.82 Å². The first-order valence-corrected chi connectivity index (χ1v) is 9.36. The largest absolute Gasteiger partial charge is 0.345 e. The van der Waals surface area contributed by atoms with Crippen molar-refractivity contribution >= 4 is 0 Å². The van der Waals surface area contributed by atoms with Gasteiger partial charge in [-0.3, -0.25) is 9.88 Å². The van der Waals surface area contributed by atoms with Crippen LogP contribution in [0.25, 0.3) is 0 Å². The van der Waals surface area contributed by atoms with E-state index in [0.717, 1.165) is 23.9 Å². The topological polar surface area (TPSA) is 44.8 Å². The van der Waals surface area contributed by atoms with Crippen LogP contribution in [0, 0.1) is 19.8 Å². The van der Waals surface area contributed by atoms with Crippen LogP contribution in [-0.2, 0) is 13.0 Å². The van der Waals surface area contributed by atoms with Crippen LogP contribution in [0.2, 0.25) is 0 Å². The highest BCUT2D eigenvalue weighted by atomic mass is 15.1. The van der Waals surface area contributed by atoms with Gasteiger partial charge in [0.25, 0.3) is 0 Å². The number of likely N-dealkylation sites (tertiary alicyclic amines) is 1. The number of pyridine rings is 1. The monoisotopic (exact) mass is 324 g/mol. The quantitative estimate of drug-likeness (QED) is 0.911. The average molecular weight is 324 g/mol. The van der Waals surface area contributed by atoms with E-state index in [1.165, 1.54) is 62.3 Å². The zero-order chi connectivity index (χ0) is 16.5. The van der Waals surface area contributed by atoms with Gasteiger partial charge in [0.15, 0.2) is 0 Å². The Morgan fingerprint density at radius 2 is 1.96 bits per heavy atom. The maximum Gasteiger partial charge on any atom is 0.109 e. The number of aryl methyl sites for hydroxylation is 2. The summed E-state index contributed by atoms with van der Waals surface area (Å²) in [6.07, 6.45) is 8.49. The molecule has 4 rings (SSSR count). The Kier molecular flexibility index (Phi) is 4.40. The Balaban J connectivity index is 1.36. The molecule has 0 radical (unpaired) electrons. The van der Waals surface area contributed by atoms with Gasteiger partial charge in [-0.15, -0.1) is 0 Å². The number of H-pyrrole nitrogens is 1. The van der Waals surface area contributed by atoms with Crippen molar-refractivity contribution in [3.05, 3.63) is 46.8 Å². The Morgan fingerprint density at radius 3 is 2.71 bits per heavy atom. The summed E-state index contributed by atoms with van der Waals surface area (Å²) in [6.45, 7) is 7.62. The van der Waals surface area contributed by atoms with Gasteiger partial charge in [-0.1, -0.05) is 0 Å². The summed E-state index contributed by atoms with van der Waals surface area (Å²) in [7, 11) is 0. The number of rotatable bonds is 5. The van der Waals surface area contributed by atoms with Crippen molar-refractivity contribution in [1.29, 1.82) is 0 Å². The smallest absolute Gasteiger partial charge is 0.109 e. The molecule has 4 nitrogen and oxygen atoms in total. The highest BCUT2D eigenvalue weighted by Crippen LogP contribution is 2.38. The molecule has 2 aliphatic rings. The van der Waals surface area contributed by atoms with Crippen LogP contribution in [-0.4, -0.2) is 32.9 Å². The van der Waals surface area contributed by atoms with E-state index >= 15 is 0 Å². The van der Waals surface area contributed by atoms with Crippen molar-refractivity contribution in [3.8, 4) is 0 Å². The van der Waals surface area contributed by atoms with E-state index in [-0.39, 0.29) is 0 Å². The van der Waals surface area contributed by atoms with E-state index in [2.05, 4.69) is 45.8 Å². The fourth-order valence-corrected chi connectivity index (χ4v) is 4.10. The van der Waals surface area contributed by atoms with Crippen molar-refractivity contribution in [3.63, 3.8) is 0 Å². The van der Waals surface area contributed by atoms with E-state index in [1.807, 2.05) is 6.20 Å². The molecule has 1 saturated heterocycles. The Bertz CT molecular complexity index is 681. The minimum Gasteiger partial charge on any atom is -0.345 e. The van der Waals surface area contributed by atoms with Crippen molar-refractivity contribution < 1.29 is 0 Å². The predicted molar refractivity (Wildman–Crippen MR) is 96.0 cm³/mol. The third-order valence-electron chi connectivity index (χ3n) is 5.27. The summed E-state index contributed by atoms with van der Waals surface area (Å²) >= 11 is 0. The highest BCUT2D eigenvalue weighted by molar-refractivity contribution is 5.21. The van der Waals surface area contributed by atoms with Gasteiger partial charge in [0.05, 0.1) is 0 Å². The summed E-state index contributed by atoms with van der Waals surface area (Å²) < 4.78 is 0. The fourth-order valence-electron chi connectivity index (χ4n) is 4.10. The van der Waals surface area contributed by atoms with Gasteiger partial charge in [-0.2, -0.15) is 0 Å². The van der Waals surface area contributed by atoms with E-state index in [0.29, 0.717) is 5.92 Å². The van der Waals surface area contributed by atoms with Crippen LogP contribution >= 0.6 is 0 Å². The fraction of sp³-hybridized carbons (Fsp3) is 0.600. The zero-order valence-corrected chi connectivity index (χ0v) is 14.9. The first-order valence-electron chi connectivity index (χ1n) is 9.36. The molecule has 2 aromatic rings. The third kappa shape index (κ3) is 3.86. The molecular weight excluding hydrogens is 296 g/mol. The Hall–Kier alpha value is -1.68. The maximum absolute atomic E-state index is 4.56. The molecule has 0 aromatic carbocycles. The molecule has 1 atom stereocenters.